The molecule has 1 fully saturated rings. The molecule has 0 spiro atoms. The van der Waals surface area contributed by atoms with Gasteiger partial charge in [-0.15, -0.1) is 0 Å². The molecular weight excluding hydrogens is 220 g/mol. The molecule has 1 saturated heterocycles. The maximum absolute atomic E-state index is 11.7. The second kappa shape index (κ2) is 6.00. The van der Waals surface area contributed by atoms with Crippen molar-refractivity contribution in [2.24, 2.45) is 0 Å². The van der Waals surface area contributed by atoms with Gasteiger partial charge in [-0.05, 0) is 19.8 Å². The minimum absolute atomic E-state index is 0.210. The summed E-state index contributed by atoms with van der Waals surface area (Å²) in [5.41, 5.74) is -0.717. The first kappa shape index (κ1) is 14.0. The van der Waals surface area contributed by atoms with Crippen LogP contribution in [0.2, 0.25) is 0 Å². The molecule has 17 heavy (non-hydrogen) atoms. The third-order valence-electron chi connectivity index (χ3n) is 3.34. The fourth-order valence-electron chi connectivity index (χ4n) is 1.85. The highest BCUT2D eigenvalue weighted by molar-refractivity contribution is 6.06. The highest BCUT2D eigenvalue weighted by Crippen LogP contribution is 2.24. The number of imide groups is 1. The Balaban J connectivity index is 2.45. The Kier molecular flexibility index (Phi) is 4.93. The van der Waals surface area contributed by atoms with Crippen LogP contribution in [0.3, 0.4) is 0 Å². The molecule has 5 heteroatoms. The molecule has 0 radical (unpaired) electrons. The Morgan fingerprint density at radius 3 is 2.59 bits per heavy atom. The fourth-order valence-corrected chi connectivity index (χ4v) is 1.85. The van der Waals surface area contributed by atoms with E-state index in [0.717, 1.165) is 12.8 Å². The fraction of sp³-hybridized carbons (Fsp3) is 0.833. The van der Waals surface area contributed by atoms with Crippen molar-refractivity contribution in [1.82, 2.24) is 10.2 Å². The largest absolute Gasteiger partial charge is 0.380 e. The van der Waals surface area contributed by atoms with Crippen molar-refractivity contribution >= 4 is 11.9 Å². The third-order valence-corrected chi connectivity index (χ3v) is 3.34. The predicted molar refractivity (Wildman–Crippen MR) is 64.7 cm³/mol. The van der Waals surface area contributed by atoms with Crippen molar-refractivity contribution in [3.63, 3.8) is 0 Å². The van der Waals surface area contributed by atoms with Gasteiger partial charge >= 0.3 is 6.03 Å². The molecule has 0 bridgehead atoms. The quantitative estimate of drug-likeness (QED) is 0.544. The Hall–Kier alpha value is -1.10. The first-order valence-electron chi connectivity index (χ1n) is 6.27. The van der Waals surface area contributed by atoms with Crippen molar-refractivity contribution in [1.29, 1.82) is 0 Å². The van der Waals surface area contributed by atoms with E-state index >= 15 is 0 Å². The number of nitrogens with one attached hydrogen (secondary N) is 1. The SMILES string of the molecule is CCCCOCCN1C(=O)NC(=O)C1(C)CC. The number of rotatable bonds is 7. The number of amides is 3. The smallest absolute Gasteiger partial charge is 0.325 e. The summed E-state index contributed by atoms with van der Waals surface area (Å²) in [6, 6.07) is -0.307. The van der Waals surface area contributed by atoms with Gasteiger partial charge in [-0.25, -0.2) is 4.79 Å². The van der Waals surface area contributed by atoms with Crippen LogP contribution in [0.1, 0.15) is 40.0 Å². The summed E-state index contributed by atoms with van der Waals surface area (Å²) in [5, 5.41) is 2.35. The second-order valence-electron chi connectivity index (χ2n) is 4.50. The topological polar surface area (TPSA) is 58.6 Å². The van der Waals surface area contributed by atoms with Gasteiger partial charge in [0.1, 0.15) is 5.54 Å². The lowest BCUT2D eigenvalue weighted by Gasteiger charge is -2.30. The van der Waals surface area contributed by atoms with Gasteiger partial charge in [0.15, 0.2) is 0 Å². The number of ether oxygens (including phenoxy) is 1. The van der Waals surface area contributed by atoms with Crippen LogP contribution in [0.15, 0.2) is 0 Å². The number of unbranched alkanes of at least 4 members (excludes halogenated alkanes) is 1. The second-order valence-corrected chi connectivity index (χ2v) is 4.50. The van der Waals surface area contributed by atoms with Gasteiger partial charge < -0.3 is 9.64 Å². The Bertz CT molecular complexity index is 293. The van der Waals surface area contributed by atoms with Gasteiger partial charge in [-0.2, -0.15) is 0 Å². The van der Waals surface area contributed by atoms with Gasteiger partial charge in [-0.1, -0.05) is 20.3 Å². The van der Waals surface area contributed by atoms with Crippen molar-refractivity contribution < 1.29 is 14.3 Å². The number of hydrogen-bond acceptors (Lipinski definition) is 3. The molecule has 0 aromatic rings. The van der Waals surface area contributed by atoms with E-state index in [2.05, 4.69) is 12.2 Å². The van der Waals surface area contributed by atoms with Crippen molar-refractivity contribution in [3.05, 3.63) is 0 Å². The van der Waals surface area contributed by atoms with E-state index in [4.69, 9.17) is 4.74 Å². The summed E-state index contributed by atoms with van der Waals surface area (Å²) < 4.78 is 5.42. The summed E-state index contributed by atoms with van der Waals surface area (Å²) >= 11 is 0. The van der Waals surface area contributed by atoms with Crippen LogP contribution < -0.4 is 5.32 Å². The molecule has 0 aromatic heterocycles. The maximum Gasteiger partial charge on any atom is 0.325 e. The van der Waals surface area contributed by atoms with Crippen LogP contribution >= 0.6 is 0 Å². The molecule has 0 aromatic carbocycles. The molecule has 1 aliphatic rings. The minimum atomic E-state index is -0.717. The Labute approximate surface area is 102 Å². The van der Waals surface area contributed by atoms with Gasteiger partial charge in [0.05, 0.1) is 6.61 Å². The number of urea groups is 1. The van der Waals surface area contributed by atoms with E-state index in [-0.39, 0.29) is 11.9 Å². The number of carbonyl (C=O) groups excluding carboxylic acids is 2. The molecule has 98 valence electrons. The molecule has 1 N–H and O–H groups in total. The van der Waals surface area contributed by atoms with Gasteiger partial charge in [0.2, 0.25) is 0 Å². The van der Waals surface area contributed by atoms with Gasteiger partial charge in [-0.3, -0.25) is 10.1 Å². The highest BCUT2D eigenvalue weighted by Gasteiger charge is 2.47. The first-order valence-corrected chi connectivity index (χ1v) is 6.27. The standard InChI is InChI=1S/C12H22N2O3/c1-4-6-8-17-9-7-14-11(16)13-10(15)12(14,3)5-2/h4-9H2,1-3H3,(H,13,15,16). The van der Waals surface area contributed by atoms with E-state index in [1.54, 1.807) is 11.8 Å². The molecule has 0 saturated carbocycles. The molecule has 1 rings (SSSR count). The summed E-state index contributed by atoms with van der Waals surface area (Å²) in [4.78, 5) is 24.9. The average Bonchev–Trinajstić information content (AvgIpc) is 2.52. The summed E-state index contributed by atoms with van der Waals surface area (Å²) in [5.74, 6) is -0.210. The predicted octanol–water partition coefficient (Wildman–Crippen LogP) is 1.52. The van der Waals surface area contributed by atoms with Crippen LogP contribution in [0.5, 0.6) is 0 Å². The molecule has 1 aliphatic heterocycles. The van der Waals surface area contributed by atoms with Crippen molar-refractivity contribution in [3.8, 4) is 0 Å². The van der Waals surface area contributed by atoms with Gasteiger partial charge in [0, 0.05) is 13.2 Å². The zero-order chi connectivity index (χ0) is 12.9. The normalized spacial score (nSPS) is 24.3. The summed E-state index contributed by atoms with van der Waals surface area (Å²) in [6.45, 7) is 7.46. The Morgan fingerprint density at radius 2 is 2.00 bits per heavy atom. The molecule has 1 unspecified atom stereocenters. The van der Waals surface area contributed by atoms with Crippen LogP contribution in [-0.2, 0) is 9.53 Å². The number of nitrogens with zero attached hydrogens (tertiary/aromatic N) is 1. The summed E-state index contributed by atoms with van der Waals surface area (Å²) in [7, 11) is 0. The molecule has 1 atom stereocenters. The van der Waals surface area contributed by atoms with Crippen LogP contribution in [-0.4, -0.2) is 42.1 Å². The molecule has 0 aliphatic carbocycles. The number of carbonyl (C=O) groups is 2. The van der Waals surface area contributed by atoms with Crippen LogP contribution in [0, 0.1) is 0 Å². The number of hydrogen-bond donors (Lipinski definition) is 1. The van der Waals surface area contributed by atoms with Crippen LogP contribution in [0.4, 0.5) is 4.79 Å². The average molecular weight is 242 g/mol. The third kappa shape index (κ3) is 2.97. The van der Waals surface area contributed by atoms with Crippen LogP contribution in [0.25, 0.3) is 0 Å². The summed E-state index contributed by atoms with van der Waals surface area (Å²) in [6.07, 6.45) is 2.73. The van der Waals surface area contributed by atoms with E-state index in [1.807, 2.05) is 6.92 Å². The lowest BCUT2D eigenvalue weighted by Crippen LogP contribution is -2.47. The zero-order valence-electron chi connectivity index (χ0n) is 10.9. The molecule has 1 heterocycles. The van der Waals surface area contributed by atoms with E-state index in [9.17, 15) is 9.59 Å². The zero-order valence-corrected chi connectivity index (χ0v) is 10.9. The van der Waals surface area contributed by atoms with E-state index < -0.39 is 5.54 Å². The van der Waals surface area contributed by atoms with Gasteiger partial charge in [0.25, 0.3) is 5.91 Å². The van der Waals surface area contributed by atoms with Crippen molar-refractivity contribution in [2.45, 2.75) is 45.6 Å². The minimum Gasteiger partial charge on any atom is -0.380 e. The van der Waals surface area contributed by atoms with Crippen molar-refractivity contribution in [2.75, 3.05) is 19.8 Å². The Morgan fingerprint density at radius 1 is 1.29 bits per heavy atom. The first-order chi connectivity index (χ1) is 8.06. The van der Waals surface area contributed by atoms with E-state index in [0.29, 0.717) is 26.2 Å². The molecule has 5 nitrogen and oxygen atoms in total. The molecular formula is C12H22N2O3. The van der Waals surface area contributed by atoms with E-state index in [1.165, 1.54) is 0 Å². The highest BCUT2D eigenvalue weighted by atomic mass is 16.5. The lowest BCUT2D eigenvalue weighted by molar-refractivity contribution is -0.126. The maximum atomic E-state index is 11.7. The monoisotopic (exact) mass is 242 g/mol. The lowest BCUT2D eigenvalue weighted by atomic mass is 9.97. The molecule has 3 amide bonds.